The van der Waals surface area contributed by atoms with Crippen LogP contribution in [0.3, 0.4) is 0 Å². The first-order chi connectivity index (χ1) is 18.2. The van der Waals surface area contributed by atoms with Crippen molar-refractivity contribution in [3.63, 3.8) is 0 Å². The molecule has 0 unspecified atom stereocenters. The Balaban J connectivity index is 1.35. The maximum atomic E-state index is 13.1. The van der Waals surface area contributed by atoms with E-state index in [1.165, 1.54) is 9.87 Å². The first-order valence-corrected chi connectivity index (χ1v) is 14.7. The molecule has 0 spiro atoms. The fourth-order valence-corrected chi connectivity index (χ4v) is 6.26. The van der Waals surface area contributed by atoms with E-state index in [0.29, 0.717) is 42.9 Å². The van der Waals surface area contributed by atoms with E-state index in [-0.39, 0.29) is 10.9 Å². The van der Waals surface area contributed by atoms with E-state index >= 15 is 0 Å². The Morgan fingerprint density at radius 2 is 1.50 bits per heavy atom. The average Bonchev–Trinajstić information content (AvgIpc) is 2.93. The van der Waals surface area contributed by atoms with Gasteiger partial charge in [-0.3, -0.25) is 4.90 Å². The minimum Gasteiger partial charge on any atom is -0.340 e. The van der Waals surface area contributed by atoms with Gasteiger partial charge < -0.3 is 5.32 Å². The number of rotatable bonds is 7. The van der Waals surface area contributed by atoms with Crippen molar-refractivity contribution in [2.24, 2.45) is 0 Å². The maximum absolute atomic E-state index is 13.1. The van der Waals surface area contributed by atoms with E-state index in [9.17, 15) is 8.42 Å². The van der Waals surface area contributed by atoms with E-state index in [4.69, 9.17) is 21.6 Å². The fourth-order valence-electron chi connectivity index (χ4n) is 4.71. The van der Waals surface area contributed by atoms with Crippen LogP contribution in [0.25, 0.3) is 10.9 Å². The summed E-state index contributed by atoms with van der Waals surface area (Å²) in [6.07, 6.45) is 0. The first kappa shape index (κ1) is 26.6. The Morgan fingerprint density at radius 1 is 0.842 bits per heavy atom. The molecule has 0 radical (unpaired) electrons. The Kier molecular flexibility index (Phi) is 7.68. The number of hydrogen-bond acceptors (Lipinski definition) is 6. The van der Waals surface area contributed by atoms with Gasteiger partial charge in [0.25, 0.3) is 0 Å². The fraction of sp³-hybridized carbons (Fsp3) is 0.310. The first-order valence-electron chi connectivity index (χ1n) is 12.9. The Morgan fingerprint density at radius 3 is 2.16 bits per heavy atom. The summed E-state index contributed by atoms with van der Waals surface area (Å²) < 4.78 is 27.7. The third-order valence-electron chi connectivity index (χ3n) is 7.11. The number of halogens is 1. The molecule has 3 aromatic carbocycles. The predicted octanol–water partition coefficient (Wildman–Crippen LogP) is 6.22. The summed E-state index contributed by atoms with van der Waals surface area (Å²) >= 11 is 5.94. The molecule has 0 bridgehead atoms. The lowest BCUT2D eigenvalue weighted by molar-refractivity contribution is 0.141. The van der Waals surface area contributed by atoms with E-state index in [0.717, 1.165) is 22.4 Å². The molecule has 4 aromatic rings. The second kappa shape index (κ2) is 11.0. The zero-order valence-electron chi connectivity index (χ0n) is 21.8. The summed E-state index contributed by atoms with van der Waals surface area (Å²) in [4.78, 5) is 12.3. The lowest BCUT2D eigenvalue weighted by Gasteiger charge is -2.36. The van der Waals surface area contributed by atoms with Gasteiger partial charge in [0.05, 0.1) is 16.5 Å². The van der Waals surface area contributed by atoms with Crippen LogP contribution in [0.1, 0.15) is 44.1 Å². The van der Waals surface area contributed by atoms with Crippen LogP contribution in [0, 0.1) is 0 Å². The Bertz CT molecular complexity index is 1520. The van der Waals surface area contributed by atoms with Gasteiger partial charge in [-0.15, -0.1) is 0 Å². The SMILES string of the molecule is CC(C)c1ccc(Nc2nc([C@H](C)N3CCN(S(=O)(=O)c4ccc(Cl)cc4)CC3)nc3ccccc23)cc1. The van der Waals surface area contributed by atoms with Crippen LogP contribution in [0.2, 0.25) is 5.02 Å². The lowest BCUT2D eigenvalue weighted by Crippen LogP contribution is -2.49. The molecule has 2 heterocycles. The summed E-state index contributed by atoms with van der Waals surface area (Å²) in [5, 5.41) is 4.96. The molecule has 198 valence electrons. The number of piperazine rings is 1. The quantitative estimate of drug-likeness (QED) is 0.295. The molecule has 38 heavy (non-hydrogen) atoms. The van der Waals surface area contributed by atoms with Gasteiger partial charge in [-0.05, 0) is 66.9 Å². The standard InChI is InChI=1S/C29H32ClN5O2S/c1-20(2)22-8-12-24(13-9-22)31-29-26-6-4-5-7-27(26)32-28(33-29)21(3)34-16-18-35(19-17-34)38(36,37)25-14-10-23(30)11-15-25/h4-15,20-21H,16-19H2,1-3H3,(H,31,32,33)/t21-/m0/s1. The highest BCUT2D eigenvalue weighted by Crippen LogP contribution is 2.29. The van der Waals surface area contributed by atoms with E-state index < -0.39 is 10.0 Å². The molecule has 1 aromatic heterocycles. The van der Waals surface area contributed by atoms with Crippen molar-refractivity contribution >= 4 is 44.0 Å². The van der Waals surface area contributed by atoms with Crippen LogP contribution in [0.5, 0.6) is 0 Å². The van der Waals surface area contributed by atoms with Crippen LogP contribution in [0.4, 0.5) is 11.5 Å². The summed E-state index contributed by atoms with van der Waals surface area (Å²) in [6.45, 7) is 8.41. The van der Waals surface area contributed by atoms with Gasteiger partial charge >= 0.3 is 0 Å². The van der Waals surface area contributed by atoms with Crippen molar-refractivity contribution < 1.29 is 8.42 Å². The van der Waals surface area contributed by atoms with Crippen LogP contribution in [-0.4, -0.2) is 53.8 Å². The Labute approximate surface area is 229 Å². The van der Waals surface area contributed by atoms with Gasteiger partial charge in [0.2, 0.25) is 10.0 Å². The van der Waals surface area contributed by atoms with Crippen molar-refractivity contribution in [1.29, 1.82) is 0 Å². The molecule has 1 aliphatic heterocycles. The molecular formula is C29H32ClN5O2S. The zero-order chi connectivity index (χ0) is 26.9. The van der Waals surface area contributed by atoms with Crippen molar-refractivity contribution in [3.8, 4) is 0 Å². The van der Waals surface area contributed by atoms with Crippen LogP contribution in [0.15, 0.2) is 77.7 Å². The molecule has 0 amide bonds. The summed E-state index contributed by atoms with van der Waals surface area (Å²) in [5.41, 5.74) is 3.13. The number of anilines is 2. The number of para-hydroxylation sites is 1. The number of sulfonamides is 1. The number of nitrogens with one attached hydrogen (secondary N) is 1. The largest absolute Gasteiger partial charge is 0.340 e. The van der Waals surface area contributed by atoms with E-state index in [1.807, 2.05) is 24.3 Å². The second-order valence-corrected chi connectivity index (χ2v) is 12.3. The molecule has 0 saturated carbocycles. The van der Waals surface area contributed by atoms with Crippen molar-refractivity contribution in [2.45, 2.75) is 37.6 Å². The van der Waals surface area contributed by atoms with Gasteiger partial charge in [0.1, 0.15) is 11.6 Å². The normalized spacial score (nSPS) is 16.1. The van der Waals surface area contributed by atoms with Crippen molar-refractivity contribution in [1.82, 2.24) is 19.2 Å². The minimum absolute atomic E-state index is 0.0798. The number of nitrogens with zero attached hydrogens (tertiary/aromatic N) is 4. The molecule has 7 nitrogen and oxygen atoms in total. The summed E-state index contributed by atoms with van der Waals surface area (Å²) in [6, 6.07) is 22.7. The highest BCUT2D eigenvalue weighted by atomic mass is 35.5. The van der Waals surface area contributed by atoms with Gasteiger partial charge in [-0.25, -0.2) is 18.4 Å². The molecule has 1 atom stereocenters. The molecule has 1 fully saturated rings. The topological polar surface area (TPSA) is 78.4 Å². The van der Waals surface area contributed by atoms with Gasteiger partial charge in [-0.1, -0.05) is 49.7 Å². The number of hydrogen-bond donors (Lipinski definition) is 1. The summed E-state index contributed by atoms with van der Waals surface area (Å²) in [5.74, 6) is 1.94. The smallest absolute Gasteiger partial charge is 0.243 e. The molecule has 1 N–H and O–H groups in total. The third kappa shape index (κ3) is 5.54. The lowest BCUT2D eigenvalue weighted by atomic mass is 10.0. The predicted molar refractivity (Wildman–Crippen MR) is 154 cm³/mol. The number of benzene rings is 3. The highest BCUT2D eigenvalue weighted by molar-refractivity contribution is 7.89. The third-order valence-corrected chi connectivity index (χ3v) is 9.27. The monoisotopic (exact) mass is 549 g/mol. The molecule has 9 heteroatoms. The molecular weight excluding hydrogens is 518 g/mol. The van der Waals surface area contributed by atoms with Gasteiger partial charge in [0, 0.05) is 42.3 Å². The number of fused-ring (bicyclic) bond motifs is 1. The zero-order valence-corrected chi connectivity index (χ0v) is 23.4. The van der Waals surface area contributed by atoms with Gasteiger partial charge in [-0.2, -0.15) is 4.31 Å². The number of aromatic nitrogens is 2. The van der Waals surface area contributed by atoms with Crippen LogP contribution < -0.4 is 5.32 Å². The van der Waals surface area contributed by atoms with Gasteiger partial charge in [0.15, 0.2) is 0 Å². The second-order valence-electron chi connectivity index (χ2n) is 9.92. The minimum atomic E-state index is -3.56. The summed E-state index contributed by atoms with van der Waals surface area (Å²) in [7, 11) is -3.56. The highest BCUT2D eigenvalue weighted by Gasteiger charge is 2.31. The van der Waals surface area contributed by atoms with E-state index in [2.05, 4.69) is 55.3 Å². The molecule has 0 aliphatic carbocycles. The molecule has 1 aliphatic rings. The average molecular weight is 550 g/mol. The molecule has 1 saturated heterocycles. The Hall–Kier alpha value is -3.04. The maximum Gasteiger partial charge on any atom is 0.243 e. The van der Waals surface area contributed by atoms with Crippen molar-refractivity contribution in [3.05, 3.63) is 89.2 Å². The van der Waals surface area contributed by atoms with Crippen LogP contribution in [-0.2, 0) is 10.0 Å². The van der Waals surface area contributed by atoms with Crippen LogP contribution >= 0.6 is 11.6 Å². The molecule has 5 rings (SSSR count). The van der Waals surface area contributed by atoms with Crippen molar-refractivity contribution in [2.75, 3.05) is 31.5 Å². The van der Waals surface area contributed by atoms with E-state index in [1.54, 1.807) is 24.3 Å².